The summed E-state index contributed by atoms with van der Waals surface area (Å²) < 4.78 is 26.0. The van der Waals surface area contributed by atoms with Gasteiger partial charge in [-0.3, -0.25) is 4.79 Å². The minimum absolute atomic E-state index is 0.226. The monoisotopic (exact) mass is 399 g/mol. The predicted octanol–water partition coefficient (Wildman–Crippen LogP) is 3.03. The van der Waals surface area contributed by atoms with Crippen LogP contribution in [0.3, 0.4) is 0 Å². The second-order valence-corrected chi connectivity index (χ2v) is 9.52. The summed E-state index contributed by atoms with van der Waals surface area (Å²) in [7, 11) is -3.81. The molecule has 0 bridgehead atoms. The number of aliphatic hydroxyl groups is 1. The maximum Gasteiger partial charge on any atom is 0.219 e. The number of hydrogen-bond acceptors (Lipinski definition) is 5. The Labute approximate surface area is 166 Å². The zero-order valence-corrected chi connectivity index (χ0v) is 16.8. The zero-order valence-electron chi connectivity index (χ0n) is 16.0. The molecule has 6 heteroatoms. The van der Waals surface area contributed by atoms with Crippen LogP contribution in [0.25, 0.3) is 0 Å². The molecule has 0 fully saturated rings. The highest BCUT2D eigenvalue weighted by Crippen LogP contribution is 2.29. The van der Waals surface area contributed by atoms with Crippen molar-refractivity contribution in [2.24, 2.45) is 5.92 Å². The molecule has 3 atom stereocenters. The summed E-state index contributed by atoms with van der Waals surface area (Å²) in [6.07, 6.45) is 8.20. The van der Waals surface area contributed by atoms with E-state index in [0.717, 1.165) is 11.1 Å². The minimum atomic E-state index is -3.81. The first-order valence-corrected chi connectivity index (χ1v) is 10.9. The lowest BCUT2D eigenvalue weighted by atomic mass is 9.98. The van der Waals surface area contributed by atoms with Gasteiger partial charge in [0.15, 0.2) is 15.6 Å². The SMILES string of the molecule is CC1=CC(C)C(S(=O)(=O)C2C=CC(CNCc3ccccc3)=C(O)C2=O)C=C1. The van der Waals surface area contributed by atoms with Gasteiger partial charge >= 0.3 is 0 Å². The smallest absolute Gasteiger partial charge is 0.219 e. The largest absolute Gasteiger partial charge is 0.504 e. The van der Waals surface area contributed by atoms with Crippen LogP contribution in [0.15, 0.2) is 77.6 Å². The highest BCUT2D eigenvalue weighted by Gasteiger charge is 2.41. The summed E-state index contributed by atoms with van der Waals surface area (Å²) in [6, 6.07) is 9.75. The van der Waals surface area contributed by atoms with E-state index in [-0.39, 0.29) is 12.5 Å². The highest BCUT2D eigenvalue weighted by atomic mass is 32.2. The second-order valence-electron chi connectivity index (χ2n) is 7.29. The summed E-state index contributed by atoms with van der Waals surface area (Å²) in [5, 5.41) is 11.4. The van der Waals surface area contributed by atoms with E-state index in [9.17, 15) is 18.3 Å². The number of rotatable bonds is 6. The lowest BCUT2D eigenvalue weighted by Gasteiger charge is -2.27. The van der Waals surface area contributed by atoms with Gasteiger partial charge in [0.05, 0.1) is 5.25 Å². The second kappa shape index (κ2) is 8.29. The van der Waals surface area contributed by atoms with Crippen molar-refractivity contribution in [3.63, 3.8) is 0 Å². The molecule has 148 valence electrons. The molecule has 5 nitrogen and oxygen atoms in total. The van der Waals surface area contributed by atoms with Gasteiger partial charge in [-0.1, -0.05) is 73.2 Å². The van der Waals surface area contributed by atoms with Gasteiger partial charge in [0.2, 0.25) is 5.78 Å². The van der Waals surface area contributed by atoms with Crippen molar-refractivity contribution in [1.29, 1.82) is 0 Å². The van der Waals surface area contributed by atoms with Crippen molar-refractivity contribution >= 4 is 15.6 Å². The van der Waals surface area contributed by atoms with Crippen LogP contribution in [0.2, 0.25) is 0 Å². The molecule has 0 heterocycles. The number of ketones is 1. The molecule has 0 aliphatic heterocycles. The number of sulfone groups is 1. The van der Waals surface area contributed by atoms with Crippen LogP contribution in [-0.4, -0.2) is 36.4 Å². The third-order valence-corrected chi connectivity index (χ3v) is 7.51. The van der Waals surface area contributed by atoms with E-state index in [0.29, 0.717) is 12.1 Å². The molecule has 0 saturated carbocycles. The number of carbonyl (C=O) groups is 1. The summed E-state index contributed by atoms with van der Waals surface area (Å²) in [4.78, 5) is 12.6. The normalized spacial score (nSPS) is 25.1. The van der Waals surface area contributed by atoms with E-state index in [1.807, 2.05) is 50.3 Å². The Hall–Kier alpha value is -2.44. The topological polar surface area (TPSA) is 83.5 Å². The van der Waals surface area contributed by atoms with Crippen LogP contribution < -0.4 is 5.32 Å². The van der Waals surface area contributed by atoms with Gasteiger partial charge < -0.3 is 10.4 Å². The number of hydrogen-bond donors (Lipinski definition) is 2. The van der Waals surface area contributed by atoms with E-state index in [1.165, 1.54) is 12.2 Å². The fourth-order valence-electron chi connectivity index (χ4n) is 3.57. The fraction of sp³-hybridized carbons (Fsp3) is 0.318. The number of carbonyl (C=O) groups excluding carboxylic acids is 1. The number of benzene rings is 1. The third-order valence-electron chi connectivity index (χ3n) is 5.08. The molecule has 0 amide bonds. The summed E-state index contributed by atoms with van der Waals surface area (Å²) >= 11 is 0. The molecule has 0 radical (unpaired) electrons. The standard InChI is InChI=1S/C22H25NO4S/c1-15-8-10-19(16(2)12-15)28(26,27)20-11-9-18(21(24)22(20)25)14-23-13-17-6-4-3-5-7-17/h3-12,16,19-20,23-24H,13-14H2,1-2H3. The van der Waals surface area contributed by atoms with E-state index < -0.39 is 31.9 Å². The minimum Gasteiger partial charge on any atom is -0.504 e. The van der Waals surface area contributed by atoms with Crippen LogP contribution in [0.5, 0.6) is 0 Å². The van der Waals surface area contributed by atoms with Crippen molar-refractivity contribution in [1.82, 2.24) is 5.32 Å². The van der Waals surface area contributed by atoms with Crippen molar-refractivity contribution in [3.8, 4) is 0 Å². The van der Waals surface area contributed by atoms with E-state index in [1.54, 1.807) is 12.2 Å². The number of nitrogens with one attached hydrogen (secondary N) is 1. The molecule has 0 saturated heterocycles. The molecular weight excluding hydrogens is 374 g/mol. The Bertz CT molecular complexity index is 971. The summed E-state index contributed by atoms with van der Waals surface area (Å²) in [5.41, 5.74) is 2.48. The van der Waals surface area contributed by atoms with E-state index in [2.05, 4.69) is 5.32 Å². The maximum absolute atomic E-state index is 13.0. The summed E-state index contributed by atoms with van der Waals surface area (Å²) in [6.45, 7) is 4.58. The first-order chi connectivity index (χ1) is 13.3. The Balaban J connectivity index is 1.70. The van der Waals surface area contributed by atoms with Crippen molar-refractivity contribution < 1.29 is 18.3 Å². The Morgan fingerprint density at radius 2 is 1.79 bits per heavy atom. The molecule has 1 aromatic carbocycles. The maximum atomic E-state index is 13.0. The van der Waals surface area contributed by atoms with Gasteiger partial charge in [-0.15, -0.1) is 0 Å². The molecular formula is C22H25NO4S. The molecule has 2 aliphatic carbocycles. The summed E-state index contributed by atoms with van der Waals surface area (Å²) in [5.74, 6) is -1.46. The van der Waals surface area contributed by atoms with Crippen LogP contribution >= 0.6 is 0 Å². The van der Waals surface area contributed by atoms with Gasteiger partial charge in [0, 0.05) is 18.7 Å². The van der Waals surface area contributed by atoms with Crippen LogP contribution in [-0.2, 0) is 21.2 Å². The van der Waals surface area contributed by atoms with Crippen molar-refractivity contribution in [3.05, 3.63) is 83.2 Å². The average Bonchev–Trinajstić information content (AvgIpc) is 2.65. The Morgan fingerprint density at radius 1 is 1.07 bits per heavy atom. The predicted molar refractivity (Wildman–Crippen MR) is 111 cm³/mol. The lowest BCUT2D eigenvalue weighted by molar-refractivity contribution is -0.117. The Morgan fingerprint density at radius 3 is 2.46 bits per heavy atom. The van der Waals surface area contributed by atoms with Gasteiger partial charge in [-0.2, -0.15) is 0 Å². The van der Waals surface area contributed by atoms with Crippen LogP contribution in [0, 0.1) is 5.92 Å². The lowest BCUT2D eigenvalue weighted by Crippen LogP contribution is -2.41. The highest BCUT2D eigenvalue weighted by molar-refractivity contribution is 7.93. The fourth-order valence-corrected chi connectivity index (χ4v) is 5.59. The Kier molecular flexibility index (Phi) is 6.01. The number of Topliss-reactive ketones (excluding diaryl/α,β-unsaturated/α-hetero) is 1. The molecule has 3 rings (SSSR count). The van der Waals surface area contributed by atoms with E-state index in [4.69, 9.17) is 0 Å². The van der Waals surface area contributed by atoms with Gasteiger partial charge in [0.1, 0.15) is 5.25 Å². The van der Waals surface area contributed by atoms with Crippen LogP contribution in [0.1, 0.15) is 19.4 Å². The van der Waals surface area contributed by atoms with E-state index >= 15 is 0 Å². The third kappa shape index (κ3) is 4.18. The number of aliphatic hydroxyl groups excluding tert-OH is 1. The molecule has 3 unspecified atom stereocenters. The van der Waals surface area contributed by atoms with Crippen LogP contribution in [0.4, 0.5) is 0 Å². The first-order valence-electron chi connectivity index (χ1n) is 9.29. The van der Waals surface area contributed by atoms with Gasteiger partial charge in [0.25, 0.3) is 0 Å². The molecule has 2 N–H and O–H groups in total. The van der Waals surface area contributed by atoms with Gasteiger partial charge in [-0.25, -0.2) is 8.42 Å². The molecule has 0 spiro atoms. The first kappa shape index (κ1) is 20.3. The molecule has 28 heavy (non-hydrogen) atoms. The zero-order chi connectivity index (χ0) is 20.3. The van der Waals surface area contributed by atoms with Crippen molar-refractivity contribution in [2.75, 3.05) is 6.54 Å². The van der Waals surface area contributed by atoms with Crippen molar-refractivity contribution in [2.45, 2.75) is 30.9 Å². The number of allylic oxidation sites excluding steroid dienone is 4. The molecule has 1 aromatic rings. The van der Waals surface area contributed by atoms with Gasteiger partial charge in [-0.05, 0) is 18.4 Å². The molecule has 2 aliphatic rings. The quantitative estimate of drug-likeness (QED) is 0.768. The molecule has 0 aromatic heterocycles. The average molecular weight is 400 g/mol.